The van der Waals surface area contributed by atoms with E-state index in [0.29, 0.717) is 13.1 Å². The van der Waals surface area contributed by atoms with E-state index in [1.54, 1.807) is 7.11 Å². The van der Waals surface area contributed by atoms with Crippen molar-refractivity contribution in [3.05, 3.63) is 54.1 Å². The molecule has 0 bridgehead atoms. The molecule has 2 atom stereocenters. The first kappa shape index (κ1) is 19.4. The van der Waals surface area contributed by atoms with E-state index in [9.17, 15) is 14.4 Å². The summed E-state index contributed by atoms with van der Waals surface area (Å²) < 4.78 is 5.26. The van der Waals surface area contributed by atoms with Gasteiger partial charge in [-0.2, -0.15) is 0 Å². The van der Waals surface area contributed by atoms with Gasteiger partial charge in [0.1, 0.15) is 5.75 Å². The first-order valence-electron chi connectivity index (χ1n) is 10.3. The molecule has 0 saturated carbocycles. The van der Waals surface area contributed by atoms with Crippen molar-refractivity contribution in [1.82, 2.24) is 10.2 Å². The van der Waals surface area contributed by atoms with Gasteiger partial charge in [-0.25, -0.2) is 4.79 Å². The van der Waals surface area contributed by atoms with Crippen LogP contribution < -0.4 is 19.9 Å². The maximum atomic E-state index is 13.5. The average molecular weight is 420 g/mol. The zero-order chi connectivity index (χ0) is 21.8. The third-order valence-electron chi connectivity index (χ3n) is 6.77. The highest BCUT2D eigenvalue weighted by Crippen LogP contribution is 2.45. The molecular formula is C23H24N4O4. The Morgan fingerprint density at radius 1 is 1.03 bits per heavy atom. The molecule has 3 aliphatic rings. The Morgan fingerprint density at radius 3 is 2.52 bits per heavy atom. The Kier molecular flexibility index (Phi) is 4.39. The minimum atomic E-state index is -1.36. The van der Waals surface area contributed by atoms with Gasteiger partial charge in [0.25, 0.3) is 0 Å². The molecular weight excluding hydrogens is 396 g/mol. The number of amides is 4. The highest BCUT2D eigenvalue weighted by Gasteiger charge is 2.62. The Balaban J connectivity index is 1.59. The monoisotopic (exact) mass is 420 g/mol. The van der Waals surface area contributed by atoms with Crippen molar-refractivity contribution in [1.29, 1.82) is 0 Å². The van der Waals surface area contributed by atoms with Gasteiger partial charge in [-0.05, 0) is 42.3 Å². The van der Waals surface area contributed by atoms with Crippen LogP contribution in [0.5, 0.6) is 5.75 Å². The Hall–Kier alpha value is -3.55. The summed E-state index contributed by atoms with van der Waals surface area (Å²) in [5.41, 5.74) is 1.64. The van der Waals surface area contributed by atoms with Gasteiger partial charge >= 0.3 is 6.03 Å². The highest BCUT2D eigenvalue weighted by atomic mass is 16.5. The predicted molar refractivity (Wildman–Crippen MR) is 115 cm³/mol. The molecule has 160 valence electrons. The third-order valence-corrected chi connectivity index (χ3v) is 6.77. The van der Waals surface area contributed by atoms with Gasteiger partial charge in [0, 0.05) is 38.1 Å². The standard InChI is InChI=1S/C23H24N4O4/c1-25-21(29)23(20(28)24-22(25)30)13-15-5-3-4-6-18(15)27-12-11-26(14-19(23)27)16-7-9-17(31-2)10-8-16/h3-10,19H,11-14H2,1-2H3,(H,24,28,30)/t19-,23+/m0/s1. The van der Waals surface area contributed by atoms with Crippen LogP contribution in [0, 0.1) is 5.41 Å². The first-order chi connectivity index (χ1) is 15.0. The number of benzene rings is 2. The van der Waals surface area contributed by atoms with E-state index in [0.717, 1.165) is 34.1 Å². The lowest BCUT2D eigenvalue weighted by Crippen LogP contribution is -2.74. The van der Waals surface area contributed by atoms with Crippen molar-refractivity contribution < 1.29 is 19.1 Å². The molecule has 2 aromatic carbocycles. The molecule has 8 nitrogen and oxygen atoms in total. The third kappa shape index (κ3) is 2.78. The Bertz CT molecular complexity index is 1070. The molecule has 3 heterocycles. The van der Waals surface area contributed by atoms with E-state index in [2.05, 4.69) is 15.1 Å². The van der Waals surface area contributed by atoms with E-state index in [1.807, 2.05) is 48.5 Å². The van der Waals surface area contributed by atoms with Crippen LogP contribution in [0.25, 0.3) is 0 Å². The van der Waals surface area contributed by atoms with Gasteiger partial charge in [-0.1, -0.05) is 18.2 Å². The lowest BCUT2D eigenvalue weighted by molar-refractivity contribution is -0.152. The van der Waals surface area contributed by atoms with Crippen molar-refractivity contribution in [2.45, 2.75) is 12.5 Å². The highest BCUT2D eigenvalue weighted by molar-refractivity contribution is 6.20. The molecule has 2 aromatic rings. The van der Waals surface area contributed by atoms with Gasteiger partial charge < -0.3 is 14.5 Å². The summed E-state index contributed by atoms with van der Waals surface area (Å²) in [4.78, 5) is 44.3. The number of ether oxygens (including phenoxy) is 1. The summed E-state index contributed by atoms with van der Waals surface area (Å²) in [6.45, 7) is 1.90. The van der Waals surface area contributed by atoms with Crippen molar-refractivity contribution >= 4 is 29.2 Å². The summed E-state index contributed by atoms with van der Waals surface area (Å²) in [6.07, 6.45) is 0.267. The normalized spacial score (nSPS) is 25.3. The van der Waals surface area contributed by atoms with Crippen LogP contribution in [-0.4, -0.2) is 62.6 Å². The zero-order valence-electron chi connectivity index (χ0n) is 17.5. The average Bonchev–Trinajstić information content (AvgIpc) is 2.81. The zero-order valence-corrected chi connectivity index (χ0v) is 17.5. The van der Waals surface area contributed by atoms with E-state index in [-0.39, 0.29) is 6.42 Å². The topological polar surface area (TPSA) is 82.2 Å². The fourth-order valence-corrected chi connectivity index (χ4v) is 5.11. The largest absolute Gasteiger partial charge is 0.497 e. The Morgan fingerprint density at radius 2 is 1.77 bits per heavy atom. The molecule has 2 fully saturated rings. The van der Waals surface area contributed by atoms with E-state index in [1.165, 1.54) is 7.05 Å². The number of fused-ring (bicyclic) bond motifs is 4. The van der Waals surface area contributed by atoms with E-state index < -0.39 is 29.3 Å². The molecule has 31 heavy (non-hydrogen) atoms. The second kappa shape index (κ2) is 7.01. The maximum absolute atomic E-state index is 13.5. The number of hydrogen-bond acceptors (Lipinski definition) is 6. The summed E-state index contributed by atoms with van der Waals surface area (Å²) in [7, 11) is 3.06. The summed E-state index contributed by atoms with van der Waals surface area (Å²) in [6, 6.07) is 14.6. The smallest absolute Gasteiger partial charge is 0.330 e. The maximum Gasteiger partial charge on any atom is 0.330 e. The number of anilines is 2. The van der Waals surface area contributed by atoms with Gasteiger partial charge in [0.2, 0.25) is 11.8 Å². The van der Waals surface area contributed by atoms with Gasteiger partial charge in [-0.3, -0.25) is 19.8 Å². The number of nitrogens with zero attached hydrogens (tertiary/aromatic N) is 3. The number of carbonyl (C=O) groups is 3. The number of carbonyl (C=O) groups excluding carboxylic acids is 3. The number of para-hydroxylation sites is 1. The van der Waals surface area contributed by atoms with Crippen molar-refractivity contribution in [3.63, 3.8) is 0 Å². The molecule has 1 spiro atoms. The van der Waals surface area contributed by atoms with Crippen LogP contribution in [0.2, 0.25) is 0 Å². The van der Waals surface area contributed by atoms with Crippen LogP contribution in [0.15, 0.2) is 48.5 Å². The van der Waals surface area contributed by atoms with Crippen LogP contribution in [0.3, 0.4) is 0 Å². The lowest BCUT2D eigenvalue weighted by Gasteiger charge is -2.55. The molecule has 0 radical (unpaired) electrons. The molecule has 0 aromatic heterocycles. The number of rotatable bonds is 2. The molecule has 4 amide bonds. The number of barbiturate groups is 1. The van der Waals surface area contributed by atoms with Crippen LogP contribution >= 0.6 is 0 Å². The second-order valence-corrected chi connectivity index (χ2v) is 8.25. The minimum absolute atomic E-state index is 0.267. The van der Waals surface area contributed by atoms with Crippen molar-refractivity contribution in [2.24, 2.45) is 5.41 Å². The molecule has 1 N–H and O–H groups in total. The van der Waals surface area contributed by atoms with Crippen LogP contribution in [0.4, 0.5) is 16.2 Å². The number of methoxy groups -OCH3 is 1. The molecule has 8 heteroatoms. The quantitative estimate of drug-likeness (QED) is 0.744. The molecule has 0 unspecified atom stereocenters. The predicted octanol–water partition coefficient (Wildman–Crippen LogP) is 1.64. The van der Waals surface area contributed by atoms with Crippen molar-refractivity contribution in [2.75, 3.05) is 43.6 Å². The van der Waals surface area contributed by atoms with E-state index in [4.69, 9.17) is 4.74 Å². The van der Waals surface area contributed by atoms with Crippen molar-refractivity contribution in [3.8, 4) is 5.75 Å². The first-order valence-corrected chi connectivity index (χ1v) is 10.3. The van der Waals surface area contributed by atoms with Gasteiger partial charge in [-0.15, -0.1) is 0 Å². The summed E-state index contributed by atoms with van der Waals surface area (Å²) in [5, 5.41) is 2.42. The van der Waals surface area contributed by atoms with Gasteiger partial charge in [0.05, 0.1) is 13.2 Å². The number of imide groups is 2. The summed E-state index contributed by atoms with van der Waals surface area (Å²) >= 11 is 0. The summed E-state index contributed by atoms with van der Waals surface area (Å²) in [5.74, 6) is -0.184. The molecule has 2 saturated heterocycles. The second-order valence-electron chi connectivity index (χ2n) is 8.25. The Labute approximate surface area is 180 Å². The van der Waals surface area contributed by atoms with Crippen LogP contribution in [-0.2, 0) is 16.0 Å². The number of hydrogen-bond donors (Lipinski definition) is 1. The molecule has 5 rings (SSSR count). The number of piperazine rings is 1. The van der Waals surface area contributed by atoms with E-state index >= 15 is 0 Å². The lowest BCUT2D eigenvalue weighted by atomic mass is 9.67. The molecule has 3 aliphatic heterocycles. The van der Waals surface area contributed by atoms with Crippen LogP contribution in [0.1, 0.15) is 5.56 Å². The molecule has 0 aliphatic carbocycles. The SMILES string of the molecule is COc1ccc(N2CCN3c4ccccc4C[C@]4(C(=O)NC(=O)N(C)C4=O)[C@@H]3C2)cc1. The fraction of sp³-hybridized carbons (Fsp3) is 0.348. The number of urea groups is 1. The van der Waals surface area contributed by atoms with Gasteiger partial charge in [0.15, 0.2) is 5.41 Å². The number of nitrogens with one attached hydrogen (secondary N) is 1. The minimum Gasteiger partial charge on any atom is -0.497 e. The fourth-order valence-electron chi connectivity index (χ4n) is 5.11.